The van der Waals surface area contributed by atoms with Crippen LogP contribution in [0.5, 0.6) is 0 Å². The fourth-order valence-corrected chi connectivity index (χ4v) is 6.58. The number of benzene rings is 1. The van der Waals surface area contributed by atoms with Crippen molar-refractivity contribution >= 4 is 0 Å². The van der Waals surface area contributed by atoms with Crippen LogP contribution >= 0.6 is 0 Å². The van der Waals surface area contributed by atoms with E-state index in [0.29, 0.717) is 0 Å². The summed E-state index contributed by atoms with van der Waals surface area (Å²) in [7, 11) is 0. The Balaban J connectivity index is 1.33. The van der Waals surface area contributed by atoms with Gasteiger partial charge in [0.15, 0.2) is 0 Å². The number of pyridine rings is 1. The van der Waals surface area contributed by atoms with Gasteiger partial charge in [0.25, 0.3) is 0 Å². The molecular weight excluding hydrogens is 386 g/mol. The second-order valence-corrected chi connectivity index (χ2v) is 11.0. The molecule has 32 heavy (non-hydrogen) atoms. The van der Waals surface area contributed by atoms with Crippen LogP contribution < -0.4 is 0 Å². The van der Waals surface area contributed by atoms with Crippen LogP contribution in [0.4, 0.5) is 0 Å². The van der Waals surface area contributed by atoms with E-state index in [9.17, 15) is 0 Å². The van der Waals surface area contributed by atoms with Crippen LogP contribution in [0.1, 0.15) is 121 Å². The van der Waals surface area contributed by atoms with Crippen molar-refractivity contribution < 1.29 is 0 Å². The van der Waals surface area contributed by atoms with Crippen molar-refractivity contribution in [3.8, 4) is 11.3 Å². The fraction of sp³-hybridized carbons (Fsp3) is 0.645. The summed E-state index contributed by atoms with van der Waals surface area (Å²) in [5, 5.41) is 0. The van der Waals surface area contributed by atoms with E-state index in [-0.39, 0.29) is 0 Å². The molecule has 2 fully saturated rings. The zero-order valence-corrected chi connectivity index (χ0v) is 20.9. The van der Waals surface area contributed by atoms with E-state index in [0.717, 1.165) is 35.3 Å². The summed E-state index contributed by atoms with van der Waals surface area (Å²) >= 11 is 0. The Hall–Kier alpha value is -1.63. The molecule has 2 aromatic rings. The molecule has 0 spiro atoms. The number of unbranched alkanes of at least 4 members (excludes halogenated alkanes) is 1. The van der Waals surface area contributed by atoms with Crippen LogP contribution in [0.15, 0.2) is 42.6 Å². The first-order valence-corrected chi connectivity index (χ1v) is 13.7. The van der Waals surface area contributed by atoms with E-state index in [1.54, 1.807) is 0 Å². The number of nitrogens with zero attached hydrogens (tertiary/aromatic N) is 1. The molecule has 4 rings (SSSR count). The first-order valence-electron chi connectivity index (χ1n) is 13.7. The molecular formula is C31H45N. The Morgan fingerprint density at radius 1 is 0.750 bits per heavy atom. The van der Waals surface area contributed by atoms with Gasteiger partial charge in [-0.15, -0.1) is 0 Å². The predicted octanol–water partition coefficient (Wildman–Crippen LogP) is 9.53. The van der Waals surface area contributed by atoms with Gasteiger partial charge in [-0.3, -0.25) is 4.98 Å². The van der Waals surface area contributed by atoms with Crippen LogP contribution in [-0.2, 0) is 0 Å². The lowest BCUT2D eigenvalue weighted by Crippen LogP contribution is -2.21. The van der Waals surface area contributed by atoms with Crippen LogP contribution in [0, 0.1) is 17.8 Å². The van der Waals surface area contributed by atoms with Gasteiger partial charge >= 0.3 is 0 Å². The van der Waals surface area contributed by atoms with Crippen molar-refractivity contribution in [2.24, 2.45) is 17.8 Å². The quantitative estimate of drug-likeness (QED) is 0.405. The fourth-order valence-electron chi connectivity index (χ4n) is 6.58. The van der Waals surface area contributed by atoms with Gasteiger partial charge in [0.1, 0.15) is 0 Å². The lowest BCUT2D eigenvalue weighted by Gasteiger charge is -2.34. The summed E-state index contributed by atoms with van der Waals surface area (Å²) < 4.78 is 0. The third kappa shape index (κ3) is 5.83. The maximum absolute atomic E-state index is 4.88. The highest BCUT2D eigenvalue weighted by Crippen LogP contribution is 2.42. The van der Waals surface area contributed by atoms with Crippen LogP contribution in [0.2, 0.25) is 0 Å². The molecule has 0 unspecified atom stereocenters. The van der Waals surface area contributed by atoms with Gasteiger partial charge < -0.3 is 0 Å². The first kappa shape index (κ1) is 23.5. The monoisotopic (exact) mass is 431 g/mol. The molecule has 1 heteroatoms. The topological polar surface area (TPSA) is 12.9 Å². The number of hydrogen-bond acceptors (Lipinski definition) is 1. The number of aromatic nitrogens is 1. The molecule has 2 saturated carbocycles. The van der Waals surface area contributed by atoms with Crippen molar-refractivity contribution in [2.45, 2.75) is 110 Å². The average molecular weight is 432 g/mol. The van der Waals surface area contributed by atoms with Gasteiger partial charge in [0.05, 0.1) is 5.69 Å². The molecule has 1 nitrogen and oxygen atoms in total. The summed E-state index contributed by atoms with van der Waals surface area (Å²) in [6.45, 7) is 7.12. The minimum Gasteiger partial charge on any atom is -0.256 e. The van der Waals surface area contributed by atoms with Crippen molar-refractivity contribution in [2.75, 3.05) is 0 Å². The van der Waals surface area contributed by atoms with E-state index in [4.69, 9.17) is 4.98 Å². The minimum absolute atomic E-state index is 0.724. The lowest BCUT2D eigenvalue weighted by atomic mass is 9.71. The molecule has 174 valence electrons. The van der Waals surface area contributed by atoms with E-state index in [1.165, 1.54) is 93.7 Å². The molecule has 3 atom stereocenters. The summed E-state index contributed by atoms with van der Waals surface area (Å²) in [6.07, 6.45) is 18.7. The highest BCUT2D eigenvalue weighted by Gasteiger charge is 2.27. The lowest BCUT2D eigenvalue weighted by molar-refractivity contribution is 0.218. The van der Waals surface area contributed by atoms with Gasteiger partial charge in [-0.1, -0.05) is 83.2 Å². The second kappa shape index (κ2) is 11.5. The van der Waals surface area contributed by atoms with Gasteiger partial charge in [-0.25, -0.2) is 0 Å². The predicted molar refractivity (Wildman–Crippen MR) is 138 cm³/mol. The Bertz CT molecular complexity index is 797. The van der Waals surface area contributed by atoms with E-state index >= 15 is 0 Å². The molecule has 0 aliphatic heterocycles. The largest absolute Gasteiger partial charge is 0.256 e. The van der Waals surface area contributed by atoms with Gasteiger partial charge in [0.2, 0.25) is 0 Å². The second-order valence-electron chi connectivity index (χ2n) is 11.0. The van der Waals surface area contributed by atoms with Crippen molar-refractivity contribution in [3.05, 3.63) is 53.7 Å². The van der Waals surface area contributed by atoms with Crippen molar-refractivity contribution in [3.63, 3.8) is 0 Å². The molecule has 0 saturated heterocycles. The van der Waals surface area contributed by atoms with E-state index in [1.807, 2.05) is 0 Å². The Kier molecular flexibility index (Phi) is 8.44. The van der Waals surface area contributed by atoms with Gasteiger partial charge in [0, 0.05) is 11.8 Å². The first-order chi connectivity index (χ1) is 15.7. The van der Waals surface area contributed by atoms with Gasteiger partial charge in [-0.05, 0) is 91.7 Å². The third-order valence-electron chi connectivity index (χ3n) is 8.75. The molecule has 0 amide bonds. The third-order valence-corrected chi connectivity index (χ3v) is 8.75. The zero-order chi connectivity index (χ0) is 22.3. The maximum Gasteiger partial charge on any atom is 0.0702 e. The highest BCUT2D eigenvalue weighted by molar-refractivity contribution is 5.59. The standard InChI is InChI=1S/C31H45N/c1-4-6-8-24-9-11-27(12-10-24)30-19-20-31(32-22-30)28-16-14-26(15-17-28)29-18-13-25(7-5-2)23(3)21-29/h14-17,19-20,22-25,27,29H,4-13,18,21H2,1-3H3/t23-,24?,25+,27?,29+/m1/s1. The van der Waals surface area contributed by atoms with Gasteiger partial charge in [-0.2, -0.15) is 0 Å². The zero-order valence-electron chi connectivity index (χ0n) is 20.9. The molecule has 1 aromatic heterocycles. The number of hydrogen-bond donors (Lipinski definition) is 0. The molecule has 1 aromatic carbocycles. The van der Waals surface area contributed by atoms with E-state index in [2.05, 4.69) is 63.4 Å². The van der Waals surface area contributed by atoms with Crippen LogP contribution in [0.25, 0.3) is 11.3 Å². The smallest absolute Gasteiger partial charge is 0.0702 e. The molecule has 0 N–H and O–H groups in total. The average Bonchev–Trinajstić information content (AvgIpc) is 2.85. The molecule has 2 aliphatic rings. The normalized spacial score (nSPS) is 28.5. The van der Waals surface area contributed by atoms with Crippen molar-refractivity contribution in [1.29, 1.82) is 0 Å². The van der Waals surface area contributed by atoms with Crippen LogP contribution in [0.3, 0.4) is 0 Å². The number of rotatable bonds is 8. The summed E-state index contributed by atoms with van der Waals surface area (Å²) in [6, 6.07) is 14.0. The Morgan fingerprint density at radius 3 is 2.09 bits per heavy atom. The molecule has 0 bridgehead atoms. The SMILES string of the molecule is CCCCC1CCC(c2ccc(-c3ccc([C@H]4CC[C@H](CCC)[C@H](C)C4)cc3)nc2)CC1. The Labute approximate surface area is 197 Å². The highest BCUT2D eigenvalue weighted by atomic mass is 14.7. The minimum atomic E-state index is 0.724. The summed E-state index contributed by atoms with van der Waals surface area (Å²) in [5.74, 6) is 4.26. The molecule has 2 aliphatic carbocycles. The molecule has 1 heterocycles. The van der Waals surface area contributed by atoms with Crippen molar-refractivity contribution in [1.82, 2.24) is 4.98 Å². The maximum atomic E-state index is 4.88. The molecule has 0 radical (unpaired) electrons. The summed E-state index contributed by atoms with van der Waals surface area (Å²) in [5.41, 5.74) is 5.37. The van der Waals surface area contributed by atoms with Crippen LogP contribution in [-0.4, -0.2) is 4.98 Å². The van der Waals surface area contributed by atoms with E-state index < -0.39 is 0 Å². The Morgan fingerprint density at radius 2 is 1.47 bits per heavy atom. The summed E-state index contributed by atoms with van der Waals surface area (Å²) in [4.78, 5) is 4.88.